The molecule has 4 nitrogen and oxygen atoms in total. The Labute approximate surface area is 90.3 Å². The van der Waals surface area contributed by atoms with E-state index in [0.29, 0.717) is 6.04 Å². The normalized spacial score (nSPS) is 25.3. The number of aliphatic hydroxyl groups is 1. The van der Waals surface area contributed by atoms with E-state index < -0.39 is 0 Å². The van der Waals surface area contributed by atoms with E-state index in [1.54, 1.807) is 0 Å². The van der Waals surface area contributed by atoms with Gasteiger partial charge < -0.3 is 15.0 Å². The van der Waals surface area contributed by atoms with Gasteiger partial charge in [-0.25, -0.2) is 4.98 Å². The van der Waals surface area contributed by atoms with Crippen molar-refractivity contribution < 1.29 is 5.11 Å². The second kappa shape index (κ2) is 4.33. The van der Waals surface area contributed by atoms with E-state index in [1.807, 2.05) is 13.4 Å². The molecular formula is C11H19N3O. The minimum atomic E-state index is 0.170. The molecule has 1 aromatic rings. The topological polar surface area (TPSA) is 50.1 Å². The van der Waals surface area contributed by atoms with Crippen LogP contribution in [-0.4, -0.2) is 27.3 Å². The molecule has 2 unspecified atom stereocenters. The maximum absolute atomic E-state index is 9.21. The van der Waals surface area contributed by atoms with Crippen molar-refractivity contribution in [3.05, 3.63) is 17.7 Å². The van der Waals surface area contributed by atoms with Crippen LogP contribution in [0.15, 0.2) is 6.33 Å². The van der Waals surface area contributed by atoms with Crippen molar-refractivity contribution in [3.63, 3.8) is 0 Å². The average Bonchev–Trinajstić information content (AvgIpc) is 2.61. The molecule has 0 spiro atoms. The molecule has 4 heteroatoms. The minimum Gasteiger partial charge on any atom is -0.395 e. The fourth-order valence-electron chi connectivity index (χ4n) is 2.37. The third-order valence-electron chi connectivity index (χ3n) is 3.07. The standard InChI is InChI=1S/C11H19N3O/c1-3-4-9-11-10(12-7-14(11)2)5-8(6-15)13-9/h7-9,13,15H,3-6H2,1-2H3. The van der Waals surface area contributed by atoms with Crippen LogP contribution in [0.25, 0.3) is 0 Å². The number of rotatable bonds is 3. The number of aryl methyl sites for hydroxylation is 1. The summed E-state index contributed by atoms with van der Waals surface area (Å²) in [6.07, 6.45) is 4.95. The van der Waals surface area contributed by atoms with Crippen molar-refractivity contribution in [2.45, 2.75) is 38.3 Å². The van der Waals surface area contributed by atoms with Gasteiger partial charge in [-0.15, -0.1) is 0 Å². The van der Waals surface area contributed by atoms with E-state index in [0.717, 1.165) is 25.0 Å². The molecule has 2 N–H and O–H groups in total. The van der Waals surface area contributed by atoms with Crippen LogP contribution in [0.5, 0.6) is 0 Å². The maximum Gasteiger partial charge on any atom is 0.0949 e. The number of nitrogens with zero attached hydrogens (tertiary/aromatic N) is 2. The molecule has 2 rings (SSSR count). The fraction of sp³-hybridized carbons (Fsp3) is 0.727. The number of imidazole rings is 1. The van der Waals surface area contributed by atoms with Gasteiger partial charge in [-0.2, -0.15) is 0 Å². The van der Waals surface area contributed by atoms with Crippen LogP contribution in [0.2, 0.25) is 0 Å². The summed E-state index contributed by atoms with van der Waals surface area (Å²) in [4.78, 5) is 4.40. The number of aliphatic hydroxyl groups excluding tert-OH is 1. The number of aromatic nitrogens is 2. The Morgan fingerprint density at radius 1 is 1.67 bits per heavy atom. The van der Waals surface area contributed by atoms with Gasteiger partial charge in [0.2, 0.25) is 0 Å². The van der Waals surface area contributed by atoms with Crippen molar-refractivity contribution in [1.29, 1.82) is 0 Å². The van der Waals surface area contributed by atoms with Crippen molar-refractivity contribution in [2.24, 2.45) is 7.05 Å². The van der Waals surface area contributed by atoms with Crippen LogP contribution in [0.4, 0.5) is 0 Å². The molecule has 1 aliphatic rings. The molecule has 15 heavy (non-hydrogen) atoms. The number of nitrogens with one attached hydrogen (secondary N) is 1. The van der Waals surface area contributed by atoms with Crippen LogP contribution in [0.3, 0.4) is 0 Å². The van der Waals surface area contributed by atoms with Gasteiger partial charge in [0.15, 0.2) is 0 Å². The smallest absolute Gasteiger partial charge is 0.0949 e. The summed E-state index contributed by atoms with van der Waals surface area (Å²) in [5.74, 6) is 0. The lowest BCUT2D eigenvalue weighted by molar-refractivity contribution is 0.217. The van der Waals surface area contributed by atoms with Gasteiger partial charge in [-0.3, -0.25) is 0 Å². The van der Waals surface area contributed by atoms with E-state index in [-0.39, 0.29) is 12.6 Å². The Morgan fingerprint density at radius 3 is 3.13 bits per heavy atom. The van der Waals surface area contributed by atoms with Crippen LogP contribution < -0.4 is 5.32 Å². The van der Waals surface area contributed by atoms with E-state index in [9.17, 15) is 5.11 Å². The molecule has 0 saturated carbocycles. The largest absolute Gasteiger partial charge is 0.395 e. The molecule has 1 aromatic heterocycles. The summed E-state index contributed by atoms with van der Waals surface area (Å²) < 4.78 is 2.09. The Kier molecular flexibility index (Phi) is 3.07. The van der Waals surface area contributed by atoms with Crippen molar-refractivity contribution >= 4 is 0 Å². The SMILES string of the molecule is CCCC1NC(CO)Cc2ncn(C)c21. The number of fused-ring (bicyclic) bond motifs is 1. The highest BCUT2D eigenvalue weighted by atomic mass is 16.3. The van der Waals surface area contributed by atoms with Gasteiger partial charge in [-0.1, -0.05) is 13.3 Å². The molecule has 0 amide bonds. The summed E-state index contributed by atoms with van der Waals surface area (Å²) in [7, 11) is 2.04. The van der Waals surface area contributed by atoms with E-state index in [1.165, 1.54) is 5.69 Å². The second-order valence-corrected chi connectivity index (χ2v) is 4.28. The molecule has 0 radical (unpaired) electrons. The molecule has 0 fully saturated rings. The van der Waals surface area contributed by atoms with E-state index in [2.05, 4.69) is 21.8 Å². The van der Waals surface area contributed by atoms with Crippen LogP contribution in [0.1, 0.15) is 37.2 Å². The molecular weight excluding hydrogens is 190 g/mol. The lowest BCUT2D eigenvalue weighted by atomic mass is 9.96. The molecule has 2 heterocycles. The summed E-state index contributed by atoms with van der Waals surface area (Å²) in [6, 6.07) is 0.521. The van der Waals surface area contributed by atoms with Crippen LogP contribution in [0, 0.1) is 0 Å². The number of hydrogen-bond acceptors (Lipinski definition) is 3. The Morgan fingerprint density at radius 2 is 2.47 bits per heavy atom. The lowest BCUT2D eigenvalue weighted by Gasteiger charge is -2.30. The average molecular weight is 209 g/mol. The van der Waals surface area contributed by atoms with Gasteiger partial charge in [0, 0.05) is 25.6 Å². The Bertz CT molecular complexity index is 335. The van der Waals surface area contributed by atoms with Gasteiger partial charge >= 0.3 is 0 Å². The van der Waals surface area contributed by atoms with Crippen LogP contribution >= 0.6 is 0 Å². The summed E-state index contributed by atoms with van der Waals surface area (Å²) >= 11 is 0. The first-order valence-corrected chi connectivity index (χ1v) is 5.63. The highest BCUT2D eigenvalue weighted by Gasteiger charge is 2.28. The first kappa shape index (κ1) is 10.6. The Hall–Kier alpha value is -0.870. The predicted octanol–water partition coefficient (Wildman–Crippen LogP) is 0.768. The quantitative estimate of drug-likeness (QED) is 0.773. The summed E-state index contributed by atoms with van der Waals surface area (Å²) in [5, 5.41) is 12.7. The second-order valence-electron chi connectivity index (χ2n) is 4.28. The van der Waals surface area contributed by atoms with Gasteiger partial charge in [-0.05, 0) is 6.42 Å². The van der Waals surface area contributed by atoms with Gasteiger partial charge in [0.05, 0.1) is 24.3 Å². The van der Waals surface area contributed by atoms with Gasteiger partial charge in [0.1, 0.15) is 0 Å². The summed E-state index contributed by atoms with van der Waals surface area (Å²) in [6.45, 7) is 2.37. The monoisotopic (exact) mass is 209 g/mol. The predicted molar refractivity (Wildman–Crippen MR) is 58.6 cm³/mol. The zero-order valence-electron chi connectivity index (χ0n) is 9.40. The Balaban J connectivity index is 2.27. The van der Waals surface area contributed by atoms with Gasteiger partial charge in [0.25, 0.3) is 0 Å². The van der Waals surface area contributed by atoms with Crippen molar-refractivity contribution in [2.75, 3.05) is 6.61 Å². The maximum atomic E-state index is 9.21. The number of hydrogen-bond donors (Lipinski definition) is 2. The van der Waals surface area contributed by atoms with E-state index in [4.69, 9.17) is 0 Å². The summed E-state index contributed by atoms with van der Waals surface area (Å²) in [5.41, 5.74) is 2.44. The van der Waals surface area contributed by atoms with Crippen molar-refractivity contribution in [1.82, 2.24) is 14.9 Å². The lowest BCUT2D eigenvalue weighted by Crippen LogP contribution is -2.42. The molecule has 1 aliphatic heterocycles. The zero-order chi connectivity index (χ0) is 10.8. The minimum absolute atomic E-state index is 0.170. The van der Waals surface area contributed by atoms with E-state index >= 15 is 0 Å². The molecule has 0 saturated heterocycles. The highest BCUT2D eigenvalue weighted by molar-refractivity contribution is 5.22. The van der Waals surface area contributed by atoms with Crippen LogP contribution in [-0.2, 0) is 13.5 Å². The van der Waals surface area contributed by atoms with Crippen molar-refractivity contribution in [3.8, 4) is 0 Å². The molecule has 84 valence electrons. The third-order valence-corrected chi connectivity index (χ3v) is 3.07. The molecule has 0 aliphatic carbocycles. The highest BCUT2D eigenvalue weighted by Crippen LogP contribution is 2.27. The zero-order valence-corrected chi connectivity index (χ0v) is 9.40. The first-order chi connectivity index (χ1) is 7.26. The molecule has 0 aromatic carbocycles. The fourth-order valence-corrected chi connectivity index (χ4v) is 2.37. The molecule has 0 bridgehead atoms. The first-order valence-electron chi connectivity index (χ1n) is 5.63. The molecule has 2 atom stereocenters. The third kappa shape index (κ3) is 1.92.